The lowest BCUT2D eigenvalue weighted by atomic mass is 10.2. The highest BCUT2D eigenvalue weighted by molar-refractivity contribution is 6.02. The molecule has 1 aromatic heterocycles. The summed E-state index contributed by atoms with van der Waals surface area (Å²) in [6, 6.07) is 5.27. The maximum atomic E-state index is 12.3. The molecular weight excluding hydrogens is 334 g/mol. The molecule has 3 rings (SSSR count). The molecule has 2 heterocycles. The topological polar surface area (TPSA) is 88.6 Å². The zero-order valence-electron chi connectivity index (χ0n) is 15.0. The Balaban J connectivity index is 1.54. The van der Waals surface area contributed by atoms with Gasteiger partial charge in [0.15, 0.2) is 11.5 Å². The van der Waals surface area contributed by atoms with Gasteiger partial charge in [-0.1, -0.05) is 0 Å². The Kier molecular flexibility index (Phi) is 5.85. The van der Waals surface area contributed by atoms with Crippen LogP contribution in [-0.4, -0.2) is 61.2 Å². The third-order valence-electron chi connectivity index (χ3n) is 3.77. The minimum atomic E-state index is -0.326. The molecule has 1 aromatic carbocycles. The van der Waals surface area contributed by atoms with Gasteiger partial charge in [-0.3, -0.25) is 4.79 Å². The fourth-order valence-electron chi connectivity index (χ4n) is 2.46. The summed E-state index contributed by atoms with van der Waals surface area (Å²) in [5, 5.41) is 5.98. The molecular formula is C18H23N5O3. The average Bonchev–Trinajstić information content (AvgIpc) is 2.65. The summed E-state index contributed by atoms with van der Waals surface area (Å²) in [5.74, 6) is 1.63. The van der Waals surface area contributed by atoms with Crippen molar-refractivity contribution in [3.8, 4) is 11.5 Å². The van der Waals surface area contributed by atoms with Gasteiger partial charge < -0.3 is 25.0 Å². The first-order valence-corrected chi connectivity index (χ1v) is 8.53. The molecule has 2 N–H and O–H groups in total. The van der Waals surface area contributed by atoms with E-state index in [1.807, 2.05) is 14.1 Å². The van der Waals surface area contributed by atoms with E-state index in [2.05, 4.69) is 25.5 Å². The normalized spacial score (nSPS) is 12.7. The quantitative estimate of drug-likeness (QED) is 0.731. The number of carbonyl (C=O) groups excluding carboxylic acids is 1. The molecule has 1 amide bonds. The predicted octanol–water partition coefficient (Wildman–Crippen LogP) is 1.86. The molecule has 2 aromatic rings. The monoisotopic (exact) mass is 357 g/mol. The number of ether oxygens (including phenoxy) is 2. The van der Waals surface area contributed by atoms with Gasteiger partial charge in [-0.15, -0.1) is 0 Å². The molecule has 0 spiro atoms. The SMILES string of the molecule is CN(C)CCCNc1cnc(C(=O)Nc2ccc3c(c2)OCCO3)cn1. The number of carbonyl (C=O) groups is 1. The van der Waals surface area contributed by atoms with Gasteiger partial charge in [0.1, 0.15) is 24.7 Å². The van der Waals surface area contributed by atoms with Crippen molar-refractivity contribution in [2.75, 3.05) is 51.0 Å². The number of aromatic nitrogens is 2. The van der Waals surface area contributed by atoms with E-state index in [4.69, 9.17) is 9.47 Å². The lowest BCUT2D eigenvalue weighted by Crippen LogP contribution is -2.18. The van der Waals surface area contributed by atoms with E-state index in [0.29, 0.717) is 36.2 Å². The Labute approximate surface area is 152 Å². The predicted molar refractivity (Wildman–Crippen MR) is 99.1 cm³/mol. The van der Waals surface area contributed by atoms with Crippen LogP contribution in [0.2, 0.25) is 0 Å². The maximum absolute atomic E-state index is 12.3. The molecule has 0 atom stereocenters. The van der Waals surface area contributed by atoms with Crippen LogP contribution in [0.1, 0.15) is 16.9 Å². The minimum absolute atomic E-state index is 0.249. The van der Waals surface area contributed by atoms with E-state index in [9.17, 15) is 4.79 Å². The fraction of sp³-hybridized carbons (Fsp3) is 0.389. The molecule has 26 heavy (non-hydrogen) atoms. The van der Waals surface area contributed by atoms with Crippen LogP contribution < -0.4 is 20.1 Å². The summed E-state index contributed by atoms with van der Waals surface area (Å²) in [6.07, 6.45) is 4.02. The smallest absolute Gasteiger partial charge is 0.275 e. The fourth-order valence-corrected chi connectivity index (χ4v) is 2.46. The van der Waals surface area contributed by atoms with Gasteiger partial charge in [-0.2, -0.15) is 0 Å². The Morgan fingerprint density at radius 1 is 1.15 bits per heavy atom. The van der Waals surface area contributed by atoms with Crippen LogP contribution in [0.25, 0.3) is 0 Å². The highest BCUT2D eigenvalue weighted by atomic mass is 16.6. The number of benzene rings is 1. The highest BCUT2D eigenvalue weighted by Crippen LogP contribution is 2.32. The van der Waals surface area contributed by atoms with Crippen molar-refractivity contribution < 1.29 is 14.3 Å². The van der Waals surface area contributed by atoms with Crippen LogP contribution in [0, 0.1) is 0 Å². The first-order chi connectivity index (χ1) is 12.6. The van der Waals surface area contributed by atoms with Crippen molar-refractivity contribution in [2.24, 2.45) is 0 Å². The number of fused-ring (bicyclic) bond motifs is 1. The van der Waals surface area contributed by atoms with Crippen molar-refractivity contribution in [1.82, 2.24) is 14.9 Å². The zero-order valence-corrected chi connectivity index (χ0v) is 15.0. The van der Waals surface area contributed by atoms with E-state index in [-0.39, 0.29) is 11.6 Å². The second kappa shape index (κ2) is 8.48. The summed E-state index contributed by atoms with van der Waals surface area (Å²) >= 11 is 0. The molecule has 1 aliphatic heterocycles. The van der Waals surface area contributed by atoms with Crippen molar-refractivity contribution in [2.45, 2.75) is 6.42 Å². The molecule has 1 aliphatic rings. The molecule has 0 fully saturated rings. The van der Waals surface area contributed by atoms with Gasteiger partial charge in [0.05, 0.1) is 12.4 Å². The highest BCUT2D eigenvalue weighted by Gasteiger charge is 2.14. The molecule has 0 bridgehead atoms. The van der Waals surface area contributed by atoms with Gasteiger partial charge in [-0.25, -0.2) is 9.97 Å². The van der Waals surface area contributed by atoms with Crippen LogP contribution >= 0.6 is 0 Å². The summed E-state index contributed by atoms with van der Waals surface area (Å²) in [5.41, 5.74) is 0.866. The lowest BCUT2D eigenvalue weighted by molar-refractivity contribution is 0.102. The number of hydrogen-bond acceptors (Lipinski definition) is 7. The number of hydrogen-bond donors (Lipinski definition) is 2. The zero-order chi connectivity index (χ0) is 18.4. The third-order valence-corrected chi connectivity index (χ3v) is 3.77. The Hall–Kier alpha value is -2.87. The molecule has 0 unspecified atom stereocenters. The number of nitrogens with zero attached hydrogens (tertiary/aromatic N) is 3. The van der Waals surface area contributed by atoms with E-state index < -0.39 is 0 Å². The standard InChI is InChI=1S/C18H23N5O3/c1-23(2)7-3-6-19-17-12-20-14(11-21-17)18(24)22-13-4-5-15-16(10-13)26-9-8-25-15/h4-5,10-12H,3,6-9H2,1-2H3,(H,19,21)(H,22,24). The maximum Gasteiger partial charge on any atom is 0.275 e. The van der Waals surface area contributed by atoms with Crippen molar-refractivity contribution in [3.63, 3.8) is 0 Å². The number of rotatable bonds is 7. The van der Waals surface area contributed by atoms with E-state index in [0.717, 1.165) is 19.5 Å². The first kappa shape index (κ1) is 17.9. The van der Waals surface area contributed by atoms with Crippen molar-refractivity contribution in [3.05, 3.63) is 36.3 Å². The minimum Gasteiger partial charge on any atom is -0.486 e. The van der Waals surface area contributed by atoms with E-state index in [1.54, 1.807) is 24.4 Å². The molecule has 0 saturated heterocycles. The second-order valence-electron chi connectivity index (χ2n) is 6.18. The summed E-state index contributed by atoms with van der Waals surface area (Å²) < 4.78 is 11.0. The number of amides is 1. The van der Waals surface area contributed by atoms with Gasteiger partial charge in [0.25, 0.3) is 5.91 Å². The average molecular weight is 357 g/mol. The van der Waals surface area contributed by atoms with Crippen LogP contribution in [0.4, 0.5) is 11.5 Å². The molecule has 0 radical (unpaired) electrons. The Morgan fingerprint density at radius 2 is 1.96 bits per heavy atom. The Morgan fingerprint density at radius 3 is 2.69 bits per heavy atom. The van der Waals surface area contributed by atoms with E-state index in [1.165, 1.54) is 6.20 Å². The molecule has 138 valence electrons. The summed E-state index contributed by atoms with van der Waals surface area (Å²) in [6.45, 7) is 2.83. The summed E-state index contributed by atoms with van der Waals surface area (Å²) in [4.78, 5) is 22.8. The molecule has 0 saturated carbocycles. The van der Waals surface area contributed by atoms with Crippen LogP contribution in [-0.2, 0) is 0 Å². The van der Waals surface area contributed by atoms with Gasteiger partial charge >= 0.3 is 0 Å². The molecule has 0 aliphatic carbocycles. The van der Waals surface area contributed by atoms with Crippen LogP contribution in [0.15, 0.2) is 30.6 Å². The third kappa shape index (κ3) is 4.82. The first-order valence-electron chi connectivity index (χ1n) is 8.53. The van der Waals surface area contributed by atoms with Gasteiger partial charge in [-0.05, 0) is 39.2 Å². The van der Waals surface area contributed by atoms with Gasteiger partial charge in [0, 0.05) is 18.3 Å². The lowest BCUT2D eigenvalue weighted by Gasteiger charge is -2.18. The summed E-state index contributed by atoms with van der Waals surface area (Å²) in [7, 11) is 4.07. The van der Waals surface area contributed by atoms with Crippen molar-refractivity contribution >= 4 is 17.4 Å². The number of anilines is 2. The molecule has 8 heteroatoms. The van der Waals surface area contributed by atoms with Crippen LogP contribution in [0.5, 0.6) is 11.5 Å². The van der Waals surface area contributed by atoms with Crippen LogP contribution in [0.3, 0.4) is 0 Å². The van der Waals surface area contributed by atoms with Gasteiger partial charge in [0.2, 0.25) is 0 Å². The second-order valence-corrected chi connectivity index (χ2v) is 6.18. The van der Waals surface area contributed by atoms with Crippen molar-refractivity contribution in [1.29, 1.82) is 0 Å². The van der Waals surface area contributed by atoms with E-state index >= 15 is 0 Å². The Bertz CT molecular complexity index is 749. The molecule has 8 nitrogen and oxygen atoms in total. The number of nitrogens with one attached hydrogen (secondary N) is 2. The largest absolute Gasteiger partial charge is 0.486 e.